The lowest BCUT2D eigenvalue weighted by molar-refractivity contribution is -0.137. The van der Waals surface area contributed by atoms with Gasteiger partial charge in [0.1, 0.15) is 0 Å². The number of ketones is 1. The predicted molar refractivity (Wildman–Crippen MR) is 51.8 cm³/mol. The van der Waals surface area contributed by atoms with Crippen LogP contribution in [0.3, 0.4) is 0 Å². The summed E-state index contributed by atoms with van der Waals surface area (Å²) in [7, 11) is 0. The summed E-state index contributed by atoms with van der Waals surface area (Å²) in [6.45, 7) is 1.14. The predicted octanol–water partition coefficient (Wildman–Crippen LogP) is 3.37. The molecule has 6 heteroatoms. The highest BCUT2D eigenvalue weighted by Gasteiger charge is 2.34. The molecule has 0 saturated heterocycles. The summed E-state index contributed by atoms with van der Waals surface area (Å²) < 4.78 is 37.2. The Morgan fingerprint density at radius 1 is 1.38 bits per heavy atom. The van der Waals surface area contributed by atoms with Crippen molar-refractivity contribution in [3.8, 4) is 0 Å². The SMILES string of the molecule is CC(=O)c1ccc(C(F)(F)F)c(Cl)c1C=O. The Labute approximate surface area is 94.0 Å². The van der Waals surface area contributed by atoms with E-state index in [0.717, 1.165) is 13.0 Å². The first-order valence-electron chi connectivity index (χ1n) is 4.15. The Kier molecular flexibility index (Phi) is 3.38. The van der Waals surface area contributed by atoms with Gasteiger partial charge in [0.05, 0.1) is 10.6 Å². The Morgan fingerprint density at radius 2 is 1.94 bits per heavy atom. The van der Waals surface area contributed by atoms with Crippen LogP contribution in [0.1, 0.15) is 33.2 Å². The van der Waals surface area contributed by atoms with Crippen LogP contribution in [0, 0.1) is 0 Å². The third-order valence-corrected chi connectivity index (χ3v) is 2.39. The van der Waals surface area contributed by atoms with Crippen LogP contribution in [0.5, 0.6) is 0 Å². The lowest BCUT2D eigenvalue weighted by Crippen LogP contribution is -2.10. The summed E-state index contributed by atoms with van der Waals surface area (Å²) in [5, 5.41) is -0.741. The second-order valence-corrected chi connectivity index (χ2v) is 3.44. The van der Waals surface area contributed by atoms with Crippen molar-refractivity contribution in [2.75, 3.05) is 0 Å². The summed E-state index contributed by atoms with van der Waals surface area (Å²) >= 11 is 5.44. The largest absolute Gasteiger partial charge is 0.417 e. The van der Waals surface area contributed by atoms with Crippen LogP contribution < -0.4 is 0 Å². The number of carbonyl (C=O) groups is 2. The van der Waals surface area contributed by atoms with E-state index in [9.17, 15) is 22.8 Å². The van der Waals surface area contributed by atoms with E-state index in [2.05, 4.69) is 0 Å². The molecular formula is C10H6ClF3O2. The maximum Gasteiger partial charge on any atom is 0.417 e. The average Bonchev–Trinajstić information content (AvgIpc) is 2.14. The minimum atomic E-state index is -4.65. The fraction of sp³-hybridized carbons (Fsp3) is 0.200. The van der Waals surface area contributed by atoms with E-state index in [1.807, 2.05) is 0 Å². The number of aldehydes is 1. The third-order valence-electron chi connectivity index (χ3n) is 1.98. The maximum absolute atomic E-state index is 12.4. The van der Waals surface area contributed by atoms with Gasteiger partial charge in [-0.15, -0.1) is 0 Å². The molecule has 1 rings (SSSR count). The Balaban J connectivity index is 3.53. The van der Waals surface area contributed by atoms with Crippen molar-refractivity contribution in [3.63, 3.8) is 0 Å². The van der Waals surface area contributed by atoms with Gasteiger partial charge in [-0.25, -0.2) is 0 Å². The normalized spacial score (nSPS) is 11.3. The Morgan fingerprint density at radius 3 is 2.31 bits per heavy atom. The molecule has 2 nitrogen and oxygen atoms in total. The van der Waals surface area contributed by atoms with Gasteiger partial charge in [0.25, 0.3) is 0 Å². The summed E-state index contributed by atoms with van der Waals surface area (Å²) in [5.41, 5.74) is -1.67. The molecule has 16 heavy (non-hydrogen) atoms. The van der Waals surface area contributed by atoms with E-state index in [0.29, 0.717) is 6.07 Å². The van der Waals surface area contributed by atoms with Gasteiger partial charge in [-0.1, -0.05) is 11.6 Å². The van der Waals surface area contributed by atoms with E-state index < -0.39 is 28.1 Å². The smallest absolute Gasteiger partial charge is 0.298 e. The van der Waals surface area contributed by atoms with Crippen molar-refractivity contribution in [3.05, 3.63) is 33.8 Å². The van der Waals surface area contributed by atoms with Crippen LogP contribution in [0.25, 0.3) is 0 Å². The average molecular weight is 251 g/mol. The molecular weight excluding hydrogens is 245 g/mol. The van der Waals surface area contributed by atoms with E-state index in [1.54, 1.807) is 0 Å². The number of alkyl halides is 3. The second kappa shape index (κ2) is 4.25. The van der Waals surface area contributed by atoms with Crippen molar-refractivity contribution in [1.29, 1.82) is 0 Å². The Hall–Kier alpha value is -1.36. The van der Waals surface area contributed by atoms with Gasteiger partial charge in [0, 0.05) is 11.1 Å². The molecule has 0 amide bonds. The first-order valence-corrected chi connectivity index (χ1v) is 4.52. The third kappa shape index (κ3) is 2.24. The summed E-state index contributed by atoms with van der Waals surface area (Å²) in [4.78, 5) is 21.7. The van der Waals surface area contributed by atoms with Crippen LogP contribution in [0.2, 0.25) is 5.02 Å². The zero-order valence-electron chi connectivity index (χ0n) is 8.06. The number of hydrogen-bond donors (Lipinski definition) is 0. The first kappa shape index (κ1) is 12.7. The van der Waals surface area contributed by atoms with Crippen LogP contribution in [-0.2, 0) is 6.18 Å². The molecule has 0 N–H and O–H groups in total. The highest BCUT2D eigenvalue weighted by Crippen LogP contribution is 2.36. The standard InChI is InChI=1S/C10H6ClF3O2/c1-5(16)6-2-3-8(10(12,13)14)9(11)7(6)4-15/h2-4H,1H3. The minimum absolute atomic E-state index is 0.118. The number of Topliss-reactive ketones (excluding diaryl/α,β-unsaturated/α-hetero) is 1. The topological polar surface area (TPSA) is 34.1 Å². The van der Waals surface area contributed by atoms with E-state index in [1.165, 1.54) is 0 Å². The fourth-order valence-electron chi connectivity index (χ4n) is 1.23. The molecule has 0 unspecified atom stereocenters. The zero-order chi connectivity index (χ0) is 12.5. The minimum Gasteiger partial charge on any atom is -0.298 e. The van der Waals surface area contributed by atoms with Crippen LogP contribution in [-0.4, -0.2) is 12.1 Å². The van der Waals surface area contributed by atoms with Gasteiger partial charge in [0.15, 0.2) is 12.1 Å². The molecule has 1 aromatic carbocycles. The van der Waals surface area contributed by atoms with Gasteiger partial charge < -0.3 is 0 Å². The van der Waals surface area contributed by atoms with Crippen LogP contribution in [0.4, 0.5) is 13.2 Å². The first-order chi connectivity index (χ1) is 7.29. The van der Waals surface area contributed by atoms with E-state index in [4.69, 9.17) is 11.6 Å². The van der Waals surface area contributed by atoms with Gasteiger partial charge >= 0.3 is 6.18 Å². The summed E-state index contributed by atoms with van der Waals surface area (Å²) in [6, 6.07) is 1.63. The van der Waals surface area contributed by atoms with Crippen molar-refractivity contribution in [2.24, 2.45) is 0 Å². The molecule has 1 aromatic rings. The van der Waals surface area contributed by atoms with Gasteiger partial charge in [-0.3, -0.25) is 9.59 Å². The molecule has 0 aliphatic heterocycles. The number of halogens is 4. The molecule has 0 bridgehead atoms. The maximum atomic E-state index is 12.4. The molecule has 0 atom stereocenters. The van der Waals surface area contributed by atoms with E-state index >= 15 is 0 Å². The molecule has 0 fully saturated rings. The molecule has 0 saturated carbocycles. The monoisotopic (exact) mass is 250 g/mol. The molecule has 86 valence electrons. The second-order valence-electron chi connectivity index (χ2n) is 3.06. The lowest BCUT2D eigenvalue weighted by Gasteiger charge is -2.11. The number of benzene rings is 1. The van der Waals surface area contributed by atoms with Crippen molar-refractivity contribution in [1.82, 2.24) is 0 Å². The van der Waals surface area contributed by atoms with Gasteiger partial charge in [0.2, 0.25) is 0 Å². The van der Waals surface area contributed by atoms with Crippen LogP contribution in [0.15, 0.2) is 12.1 Å². The molecule has 0 spiro atoms. The molecule has 0 aliphatic carbocycles. The number of rotatable bonds is 2. The quantitative estimate of drug-likeness (QED) is 0.596. The summed E-state index contributed by atoms with van der Waals surface area (Å²) in [5.74, 6) is -0.516. The Bertz CT molecular complexity index is 452. The zero-order valence-corrected chi connectivity index (χ0v) is 8.82. The molecule has 0 heterocycles. The molecule has 0 radical (unpaired) electrons. The van der Waals surface area contributed by atoms with Crippen molar-refractivity contribution in [2.45, 2.75) is 13.1 Å². The molecule has 0 aliphatic rings. The van der Waals surface area contributed by atoms with Gasteiger partial charge in [-0.05, 0) is 19.1 Å². The fourth-order valence-corrected chi connectivity index (χ4v) is 1.55. The lowest BCUT2D eigenvalue weighted by atomic mass is 10.0. The van der Waals surface area contributed by atoms with E-state index in [-0.39, 0.29) is 11.8 Å². The highest BCUT2D eigenvalue weighted by atomic mass is 35.5. The summed E-state index contributed by atoms with van der Waals surface area (Å²) in [6.07, 6.45) is -4.50. The number of carbonyl (C=O) groups excluding carboxylic acids is 2. The van der Waals surface area contributed by atoms with Crippen LogP contribution >= 0.6 is 11.6 Å². The molecule has 0 aromatic heterocycles. The van der Waals surface area contributed by atoms with Crippen molar-refractivity contribution >= 4 is 23.7 Å². The number of hydrogen-bond acceptors (Lipinski definition) is 2. The van der Waals surface area contributed by atoms with Gasteiger partial charge in [-0.2, -0.15) is 13.2 Å². The highest BCUT2D eigenvalue weighted by molar-refractivity contribution is 6.34. The van der Waals surface area contributed by atoms with Crippen molar-refractivity contribution < 1.29 is 22.8 Å².